The van der Waals surface area contributed by atoms with Crippen molar-refractivity contribution in [1.29, 1.82) is 0 Å². The number of pyridine rings is 1. The summed E-state index contributed by atoms with van der Waals surface area (Å²) in [5, 5.41) is 3.33. The highest BCUT2D eigenvalue weighted by molar-refractivity contribution is 14.0. The molecule has 140 valence electrons. The van der Waals surface area contributed by atoms with Crippen LogP contribution in [0.5, 0.6) is 5.88 Å². The van der Waals surface area contributed by atoms with Crippen molar-refractivity contribution < 1.29 is 14.3 Å². The molecule has 0 aliphatic carbocycles. The number of hydrogen-bond acceptors (Lipinski definition) is 5. The summed E-state index contributed by atoms with van der Waals surface area (Å²) < 4.78 is 10.4. The predicted molar refractivity (Wildman–Crippen MR) is 107 cm³/mol. The summed E-state index contributed by atoms with van der Waals surface area (Å²) in [7, 11) is 3.35. The average Bonchev–Trinajstić information content (AvgIpc) is 2.63. The van der Waals surface area contributed by atoms with E-state index in [1.54, 1.807) is 20.4 Å². The van der Waals surface area contributed by atoms with Crippen LogP contribution in [0.3, 0.4) is 0 Å². The van der Waals surface area contributed by atoms with Crippen LogP contribution in [0, 0.1) is 5.92 Å². The topological polar surface area (TPSA) is 76.0 Å². The van der Waals surface area contributed by atoms with E-state index in [1.807, 2.05) is 19.1 Å². The molecular weight excluding hydrogens is 435 g/mol. The normalized spacial score (nSPS) is 17.5. The van der Waals surface area contributed by atoms with Gasteiger partial charge in [0.05, 0.1) is 19.6 Å². The van der Waals surface area contributed by atoms with Gasteiger partial charge in [0.1, 0.15) is 0 Å². The van der Waals surface area contributed by atoms with Crippen molar-refractivity contribution in [2.45, 2.75) is 26.3 Å². The molecular formula is C17H27IN4O3. The molecule has 1 aromatic heterocycles. The van der Waals surface area contributed by atoms with Crippen molar-refractivity contribution in [2.75, 3.05) is 33.9 Å². The molecule has 0 radical (unpaired) electrons. The molecule has 0 amide bonds. The first-order valence-electron chi connectivity index (χ1n) is 8.29. The molecule has 1 aliphatic heterocycles. The number of carbonyl (C=O) groups excluding carboxylic acids is 1. The standard InChI is InChI=1S/C17H26N4O3.HI/c1-4-24-16(22)14-8-6-10-21(12-14)17(18-2)20-11-13-7-5-9-19-15(13)23-3;/h5,7,9,14H,4,6,8,10-12H2,1-3H3,(H,18,20);1H. The molecule has 1 unspecified atom stereocenters. The van der Waals surface area contributed by atoms with Gasteiger partial charge in [-0.1, -0.05) is 6.07 Å². The zero-order valence-electron chi connectivity index (χ0n) is 15.0. The van der Waals surface area contributed by atoms with Gasteiger partial charge in [-0.05, 0) is 25.8 Å². The fourth-order valence-corrected chi connectivity index (χ4v) is 2.87. The lowest BCUT2D eigenvalue weighted by Crippen LogP contribution is -2.48. The quantitative estimate of drug-likeness (QED) is 0.313. The molecule has 1 fully saturated rings. The zero-order chi connectivity index (χ0) is 17.4. The summed E-state index contributed by atoms with van der Waals surface area (Å²) in [6, 6.07) is 3.84. The average molecular weight is 462 g/mol. The van der Waals surface area contributed by atoms with Gasteiger partial charge in [-0.2, -0.15) is 0 Å². The Bertz CT molecular complexity index is 583. The van der Waals surface area contributed by atoms with E-state index in [0.29, 0.717) is 25.6 Å². The Balaban J connectivity index is 0.00000312. The van der Waals surface area contributed by atoms with Crippen LogP contribution in [0.15, 0.2) is 23.3 Å². The number of hydrogen-bond donors (Lipinski definition) is 1. The van der Waals surface area contributed by atoms with E-state index in [9.17, 15) is 4.79 Å². The number of methoxy groups -OCH3 is 1. The van der Waals surface area contributed by atoms with E-state index in [1.165, 1.54) is 0 Å². The van der Waals surface area contributed by atoms with Crippen molar-refractivity contribution in [3.8, 4) is 5.88 Å². The lowest BCUT2D eigenvalue weighted by molar-refractivity contribution is -0.149. The van der Waals surface area contributed by atoms with Crippen LogP contribution in [0.1, 0.15) is 25.3 Å². The molecule has 1 saturated heterocycles. The number of aromatic nitrogens is 1. The third kappa shape index (κ3) is 6.02. The largest absolute Gasteiger partial charge is 0.481 e. The second-order valence-corrected chi connectivity index (χ2v) is 5.61. The van der Waals surface area contributed by atoms with Crippen molar-refractivity contribution in [3.05, 3.63) is 23.9 Å². The molecule has 1 aromatic rings. The van der Waals surface area contributed by atoms with Crippen LogP contribution >= 0.6 is 24.0 Å². The first-order chi connectivity index (χ1) is 11.7. The zero-order valence-corrected chi connectivity index (χ0v) is 17.4. The minimum absolute atomic E-state index is 0. The summed E-state index contributed by atoms with van der Waals surface area (Å²) in [6.07, 6.45) is 3.51. The summed E-state index contributed by atoms with van der Waals surface area (Å²) in [5.74, 6) is 1.16. The first kappa shape index (κ1) is 21.5. The van der Waals surface area contributed by atoms with Gasteiger partial charge in [0, 0.05) is 38.4 Å². The molecule has 1 aliphatic rings. The van der Waals surface area contributed by atoms with Crippen LogP contribution in [-0.2, 0) is 16.1 Å². The lowest BCUT2D eigenvalue weighted by Gasteiger charge is -2.34. The van der Waals surface area contributed by atoms with Crippen LogP contribution in [0.25, 0.3) is 0 Å². The van der Waals surface area contributed by atoms with Gasteiger partial charge < -0.3 is 19.7 Å². The fourth-order valence-electron chi connectivity index (χ4n) is 2.87. The SMILES string of the molecule is CCOC(=O)C1CCCN(C(=NC)NCc2cccnc2OC)C1.I. The number of ether oxygens (including phenoxy) is 2. The first-order valence-corrected chi connectivity index (χ1v) is 8.29. The minimum Gasteiger partial charge on any atom is -0.481 e. The third-order valence-electron chi connectivity index (χ3n) is 4.03. The van der Waals surface area contributed by atoms with E-state index in [2.05, 4.69) is 20.2 Å². The molecule has 0 spiro atoms. The number of carbonyl (C=O) groups is 1. The molecule has 0 saturated carbocycles. The van der Waals surface area contributed by atoms with Crippen molar-refractivity contribution in [3.63, 3.8) is 0 Å². The Morgan fingerprint density at radius 1 is 1.52 bits per heavy atom. The molecule has 1 N–H and O–H groups in total. The number of piperidine rings is 1. The Morgan fingerprint density at radius 2 is 2.32 bits per heavy atom. The van der Waals surface area contributed by atoms with Gasteiger partial charge in [0.2, 0.25) is 5.88 Å². The smallest absolute Gasteiger partial charge is 0.310 e. The maximum absolute atomic E-state index is 12.0. The van der Waals surface area contributed by atoms with E-state index in [4.69, 9.17) is 9.47 Å². The van der Waals surface area contributed by atoms with Crippen LogP contribution < -0.4 is 10.1 Å². The monoisotopic (exact) mass is 462 g/mol. The van der Waals surface area contributed by atoms with Gasteiger partial charge >= 0.3 is 5.97 Å². The number of aliphatic imine (C=N–C) groups is 1. The highest BCUT2D eigenvalue weighted by Crippen LogP contribution is 2.18. The summed E-state index contributed by atoms with van der Waals surface area (Å²) in [4.78, 5) is 22.6. The van der Waals surface area contributed by atoms with E-state index < -0.39 is 0 Å². The molecule has 8 heteroatoms. The summed E-state index contributed by atoms with van der Waals surface area (Å²) in [6.45, 7) is 4.32. The molecule has 2 rings (SSSR count). The number of nitrogens with one attached hydrogen (secondary N) is 1. The second-order valence-electron chi connectivity index (χ2n) is 5.61. The van der Waals surface area contributed by atoms with E-state index >= 15 is 0 Å². The molecule has 2 heterocycles. The molecule has 1 atom stereocenters. The Kier molecular flexibility index (Phi) is 9.54. The van der Waals surface area contributed by atoms with Gasteiger partial charge in [-0.3, -0.25) is 9.79 Å². The molecule has 25 heavy (non-hydrogen) atoms. The van der Waals surface area contributed by atoms with Gasteiger partial charge in [-0.25, -0.2) is 4.98 Å². The number of guanidine groups is 1. The maximum atomic E-state index is 12.0. The molecule has 0 bridgehead atoms. The van der Waals surface area contributed by atoms with Gasteiger partial charge in [-0.15, -0.1) is 24.0 Å². The Labute approximate surface area is 166 Å². The highest BCUT2D eigenvalue weighted by atomic mass is 127. The van der Waals surface area contributed by atoms with Crippen LogP contribution in [0.2, 0.25) is 0 Å². The fraction of sp³-hybridized carbons (Fsp3) is 0.588. The van der Waals surface area contributed by atoms with E-state index in [0.717, 1.165) is 30.9 Å². The van der Waals surface area contributed by atoms with Crippen molar-refractivity contribution in [2.24, 2.45) is 10.9 Å². The van der Waals surface area contributed by atoms with E-state index in [-0.39, 0.29) is 35.9 Å². The van der Waals surface area contributed by atoms with Gasteiger partial charge in [0.15, 0.2) is 5.96 Å². The van der Waals surface area contributed by atoms with Crippen LogP contribution in [-0.4, -0.2) is 55.7 Å². The predicted octanol–water partition coefficient (Wildman–Crippen LogP) is 2.06. The van der Waals surface area contributed by atoms with Crippen molar-refractivity contribution >= 4 is 35.9 Å². The molecule has 7 nitrogen and oxygen atoms in total. The second kappa shape index (κ2) is 11.1. The van der Waals surface area contributed by atoms with Crippen molar-refractivity contribution in [1.82, 2.24) is 15.2 Å². The van der Waals surface area contributed by atoms with Gasteiger partial charge in [0.25, 0.3) is 0 Å². The third-order valence-corrected chi connectivity index (χ3v) is 4.03. The Hall–Kier alpha value is -1.58. The number of esters is 1. The molecule has 0 aromatic carbocycles. The Morgan fingerprint density at radius 3 is 3.00 bits per heavy atom. The minimum atomic E-state index is -0.119. The number of likely N-dealkylation sites (tertiary alicyclic amines) is 1. The van der Waals surface area contributed by atoms with Crippen LogP contribution in [0.4, 0.5) is 0 Å². The number of nitrogens with zero attached hydrogens (tertiary/aromatic N) is 3. The number of halogens is 1. The maximum Gasteiger partial charge on any atom is 0.310 e. The lowest BCUT2D eigenvalue weighted by atomic mass is 9.98. The summed E-state index contributed by atoms with van der Waals surface area (Å²) >= 11 is 0. The number of rotatable bonds is 5. The summed E-state index contributed by atoms with van der Waals surface area (Å²) in [5.41, 5.74) is 0.958. The highest BCUT2D eigenvalue weighted by Gasteiger charge is 2.28.